The average Bonchev–Trinajstić information content (AvgIpc) is 3.20. The lowest BCUT2D eigenvalue weighted by molar-refractivity contribution is -0.162. The van der Waals surface area contributed by atoms with Gasteiger partial charge in [-0.2, -0.15) is 0 Å². The molecule has 4 amide bonds. The summed E-state index contributed by atoms with van der Waals surface area (Å²) >= 11 is 0. The standard InChI is InChI=1S/C32H52N4O8/c1-10-12-20(24(37)25(33)38)34-26(39)23-21-19(32(21,8)9)16-36(23)27(40)22(35-29(42)44-31(5,6)7)17-13-11-14-18(15-17)28(41)43-30(2,3)4/h17-23H,10-16H2,1-9H3,(H2,33,38)(H,34,39)(H,35,42)/t17?,18-,19?,20+,21?,22+,23?/m1/s1. The van der Waals surface area contributed by atoms with Gasteiger partial charge >= 0.3 is 12.1 Å². The number of likely N-dealkylation sites (tertiary alicyclic amines) is 1. The molecule has 3 fully saturated rings. The van der Waals surface area contributed by atoms with E-state index in [1.807, 2.05) is 20.8 Å². The largest absolute Gasteiger partial charge is 0.460 e. The number of ketones is 1. The molecule has 12 nitrogen and oxygen atoms in total. The number of alkyl carbamates (subject to hydrolysis) is 1. The van der Waals surface area contributed by atoms with Crippen molar-refractivity contribution in [3.8, 4) is 0 Å². The van der Waals surface area contributed by atoms with Gasteiger partial charge in [0.15, 0.2) is 0 Å². The van der Waals surface area contributed by atoms with Crippen LogP contribution in [0.2, 0.25) is 0 Å². The number of primary amides is 1. The van der Waals surface area contributed by atoms with Gasteiger partial charge in [0.2, 0.25) is 17.6 Å². The third-order valence-electron chi connectivity index (χ3n) is 9.08. The molecule has 248 valence electrons. The van der Waals surface area contributed by atoms with Crippen molar-refractivity contribution >= 4 is 35.6 Å². The number of carbonyl (C=O) groups is 6. The molecule has 2 aliphatic carbocycles. The highest BCUT2D eigenvalue weighted by Crippen LogP contribution is 2.65. The smallest absolute Gasteiger partial charge is 0.408 e. The van der Waals surface area contributed by atoms with E-state index in [-0.39, 0.29) is 29.6 Å². The van der Waals surface area contributed by atoms with E-state index in [9.17, 15) is 28.8 Å². The molecule has 12 heteroatoms. The fourth-order valence-corrected chi connectivity index (χ4v) is 6.92. The highest BCUT2D eigenvalue weighted by Gasteiger charge is 2.69. The molecule has 3 aliphatic rings. The number of hydrogen-bond acceptors (Lipinski definition) is 8. The second-order valence-corrected chi connectivity index (χ2v) is 15.2. The van der Waals surface area contributed by atoms with E-state index in [4.69, 9.17) is 15.2 Å². The first kappa shape index (κ1) is 35.3. The van der Waals surface area contributed by atoms with Crippen molar-refractivity contribution in [2.24, 2.45) is 34.8 Å². The minimum atomic E-state index is -1.13. The monoisotopic (exact) mass is 620 g/mol. The van der Waals surface area contributed by atoms with Crippen LogP contribution in [-0.2, 0) is 33.4 Å². The normalized spacial score (nSPS) is 27.3. The summed E-state index contributed by atoms with van der Waals surface area (Å²) in [4.78, 5) is 79.9. The van der Waals surface area contributed by atoms with E-state index >= 15 is 0 Å². The number of fused-ring (bicyclic) bond motifs is 1. The Hall–Kier alpha value is -3.18. The SMILES string of the molecule is CCC[C@H](NC(=O)C1C2C(CN1C(=O)[C@@H](NC(=O)OC(C)(C)C)C1CCC[C@@H](C(=O)OC(C)(C)C)C1)C2(C)C)C(=O)C(N)=O. The van der Waals surface area contributed by atoms with Crippen LogP contribution in [0.5, 0.6) is 0 Å². The van der Waals surface area contributed by atoms with Crippen LogP contribution in [0.3, 0.4) is 0 Å². The Morgan fingerprint density at radius 1 is 0.955 bits per heavy atom. The summed E-state index contributed by atoms with van der Waals surface area (Å²) in [5.41, 5.74) is 3.55. The zero-order chi connectivity index (χ0) is 33.4. The van der Waals surface area contributed by atoms with Crippen molar-refractivity contribution in [1.82, 2.24) is 15.5 Å². The number of ether oxygens (including phenoxy) is 2. The molecule has 0 spiro atoms. The number of piperidine rings is 1. The highest BCUT2D eigenvalue weighted by atomic mass is 16.6. The highest BCUT2D eigenvalue weighted by molar-refractivity contribution is 6.37. The second kappa shape index (κ2) is 13.0. The predicted octanol–water partition coefficient (Wildman–Crippen LogP) is 2.85. The molecule has 7 atom stereocenters. The minimum Gasteiger partial charge on any atom is -0.460 e. The van der Waals surface area contributed by atoms with Gasteiger partial charge in [-0.25, -0.2) is 4.79 Å². The molecule has 2 saturated carbocycles. The molecule has 0 aromatic carbocycles. The number of esters is 1. The summed E-state index contributed by atoms with van der Waals surface area (Å²) in [6, 6.07) is -3.05. The van der Waals surface area contributed by atoms with Crippen molar-refractivity contribution in [2.45, 2.75) is 130 Å². The molecular weight excluding hydrogens is 568 g/mol. The average molecular weight is 621 g/mol. The van der Waals surface area contributed by atoms with Gasteiger partial charge in [0.05, 0.1) is 12.0 Å². The van der Waals surface area contributed by atoms with Crippen LogP contribution in [0.25, 0.3) is 0 Å². The molecule has 0 aromatic rings. The molecular formula is C32H52N4O8. The molecule has 1 aliphatic heterocycles. The molecule has 44 heavy (non-hydrogen) atoms. The number of Topliss-reactive ketones (excluding diaryl/α,β-unsaturated/α-hetero) is 1. The number of nitrogens with zero attached hydrogens (tertiary/aromatic N) is 1. The zero-order valence-corrected chi connectivity index (χ0v) is 27.8. The molecule has 1 saturated heterocycles. The Labute approximate surface area is 260 Å². The van der Waals surface area contributed by atoms with Gasteiger partial charge in [-0.3, -0.25) is 24.0 Å². The van der Waals surface area contributed by atoms with Gasteiger partial charge in [0, 0.05) is 6.54 Å². The molecule has 4 N–H and O–H groups in total. The van der Waals surface area contributed by atoms with E-state index in [1.165, 1.54) is 4.90 Å². The predicted molar refractivity (Wildman–Crippen MR) is 162 cm³/mol. The topological polar surface area (TPSA) is 174 Å². The lowest BCUT2D eigenvalue weighted by atomic mass is 9.77. The van der Waals surface area contributed by atoms with Crippen LogP contribution in [0, 0.1) is 29.1 Å². The quantitative estimate of drug-likeness (QED) is 0.247. The van der Waals surface area contributed by atoms with Crippen LogP contribution in [0.4, 0.5) is 4.79 Å². The van der Waals surface area contributed by atoms with Gasteiger partial charge < -0.3 is 30.7 Å². The van der Waals surface area contributed by atoms with Crippen molar-refractivity contribution in [3.05, 3.63) is 0 Å². The number of nitrogens with two attached hydrogens (primary N) is 1. The van der Waals surface area contributed by atoms with E-state index in [0.29, 0.717) is 38.6 Å². The first-order chi connectivity index (χ1) is 20.2. The maximum Gasteiger partial charge on any atom is 0.408 e. The zero-order valence-electron chi connectivity index (χ0n) is 27.8. The van der Waals surface area contributed by atoms with Gasteiger partial charge in [-0.15, -0.1) is 0 Å². The molecule has 4 unspecified atom stereocenters. The maximum atomic E-state index is 14.4. The third-order valence-corrected chi connectivity index (χ3v) is 9.08. The van der Waals surface area contributed by atoms with E-state index in [0.717, 1.165) is 0 Å². The van der Waals surface area contributed by atoms with Gasteiger partial charge in [0.25, 0.3) is 5.91 Å². The van der Waals surface area contributed by atoms with Crippen LogP contribution in [0.15, 0.2) is 0 Å². The Balaban J connectivity index is 1.91. The summed E-state index contributed by atoms with van der Waals surface area (Å²) in [7, 11) is 0. The van der Waals surface area contributed by atoms with E-state index < -0.39 is 70.8 Å². The van der Waals surface area contributed by atoms with Crippen LogP contribution in [-0.4, -0.2) is 76.3 Å². The summed E-state index contributed by atoms with van der Waals surface area (Å²) in [6.45, 7) is 16.7. The molecule has 0 aromatic heterocycles. The lowest BCUT2D eigenvalue weighted by Crippen LogP contribution is -2.60. The number of hydrogen-bond donors (Lipinski definition) is 3. The molecule has 0 radical (unpaired) electrons. The fraction of sp³-hybridized carbons (Fsp3) is 0.812. The first-order valence-corrected chi connectivity index (χ1v) is 15.8. The Morgan fingerprint density at radius 2 is 1.57 bits per heavy atom. The van der Waals surface area contributed by atoms with E-state index in [1.54, 1.807) is 41.5 Å². The Bertz CT molecular complexity index is 1150. The summed E-state index contributed by atoms with van der Waals surface area (Å²) in [5.74, 6) is -4.30. The summed E-state index contributed by atoms with van der Waals surface area (Å²) in [6.07, 6.45) is 2.16. The number of nitrogens with one attached hydrogen (secondary N) is 2. The fourth-order valence-electron chi connectivity index (χ4n) is 6.92. The summed E-state index contributed by atoms with van der Waals surface area (Å²) < 4.78 is 11.1. The van der Waals surface area contributed by atoms with Crippen molar-refractivity contribution in [3.63, 3.8) is 0 Å². The van der Waals surface area contributed by atoms with Gasteiger partial charge in [-0.05, 0) is 90.4 Å². The lowest BCUT2D eigenvalue weighted by Gasteiger charge is -2.38. The third kappa shape index (κ3) is 8.29. The van der Waals surface area contributed by atoms with Crippen molar-refractivity contribution in [2.75, 3.05) is 6.54 Å². The second-order valence-electron chi connectivity index (χ2n) is 15.2. The number of carbonyl (C=O) groups excluding carboxylic acids is 6. The Kier molecular flexibility index (Phi) is 10.5. The van der Waals surface area contributed by atoms with Crippen molar-refractivity contribution in [1.29, 1.82) is 0 Å². The Morgan fingerprint density at radius 3 is 2.11 bits per heavy atom. The van der Waals surface area contributed by atoms with Crippen LogP contribution < -0.4 is 16.4 Å². The van der Waals surface area contributed by atoms with Crippen LogP contribution in [0.1, 0.15) is 101 Å². The van der Waals surface area contributed by atoms with Gasteiger partial charge in [-0.1, -0.05) is 33.6 Å². The number of amides is 4. The minimum absolute atomic E-state index is 0.0433. The maximum absolute atomic E-state index is 14.4. The molecule has 3 rings (SSSR count). The van der Waals surface area contributed by atoms with Crippen LogP contribution >= 0.6 is 0 Å². The molecule has 1 heterocycles. The first-order valence-electron chi connectivity index (χ1n) is 15.8. The van der Waals surface area contributed by atoms with Gasteiger partial charge in [0.1, 0.15) is 23.3 Å². The van der Waals surface area contributed by atoms with E-state index in [2.05, 4.69) is 10.6 Å². The van der Waals surface area contributed by atoms with Crippen molar-refractivity contribution < 1.29 is 38.2 Å². The number of rotatable bonds is 10. The summed E-state index contributed by atoms with van der Waals surface area (Å²) in [5, 5.41) is 5.48. The molecule has 0 bridgehead atoms.